The summed E-state index contributed by atoms with van der Waals surface area (Å²) in [5.41, 5.74) is 2.56. The molecule has 0 aliphatic carbocycles. The quantitative estimate of drug-likeness (QED) is 0.662. The van der Waals surface area contributed by atoms with Gasteiger partial charge in [-0.3, -0.25) is 0 Å². The Labute approximate surface area is 119 Å². The van der Waals surface area contributed by atoms with Crippen LogP contribution < -0.4 is 5.23 Å². The topological polar surface area (TPSA) is 45.8 Å². The summed E-state index contributed by atoms with van der Waals surface area (Å²) in [6.45, 7) is 9.27. The minimum atomic E-state index is -0.700. The molecule has 94 valence electrons. The van der Waals surface area contributed by atoms with E-state index in [0.717, 1.165) is 15.6 Å². The van der Waals surface area contributed by atoms with Gasteiger partial charge in [-0.15, -0.1) is 0 Å². The number of hydrogen-bond donors (Lipinski definition) is 2. The van der Waals surface area contributed by atoms with E-state index < -0.39 is 7.05 Å². The van der Waals surface area contributed by atoms with Gasteiger partial charge in [0.05, 0.1) is 11.6 Å². The Bertz CT molecular complexity index is 519. The molecule has 1 aliphatic heterocycles. The molecular weight excluding hydrogens is 318 g/mol. The van der Waals surface area contributed by atoms with Gasteiger partial charge < -0.3 is 19.8 Å². The number of nitrogens with one attached hydrogen (secondary N) is 1. The first-order valence-electron chi connectivity index (χ1n) is 5.44. The molecule has 7 heteroatoms. The molecule has 4 nitrogen and oxygen atoms in total. The van der Waals surface area contributed by atoms with Gasteiger partial charge in [0.1, 0.15) is 0 Å². The number of anilines is 1. The van der Waals surface area contributed by atoms with Crippen LogP contribution in [-0.4, -0.2) is 18.6 Å². The predicted molar refractivity (Wildman–Crippen MR) is 75.6 cm³/mol. The van der Waals surface area contributed by atoms with Crippen molar-refractivity contribution in [2.75, 3.05) is 11.8 Å². The van der Waals surface area contributed by atoms with E-state index in [1.165, 1.54) is 0 Å². The lowest BCUT2D eigenvalue weighted by atomic mass is 9.88. The monoisotopic (exact) mass is 328 g/mol. The van der Waals surface area contributed by atoms with Gasteiger partial charge >= 0.3 is 7.05 Å². The molecule has 18 heavy (non-hydrogen) atoms. The van der Waals surface area contributed by atoms with Gasteiger partial charge in [0, 0.05) is 10.2 Å². The summed E-state index contributed by atoms with van der Waals surface area (Å²) in [5.74, 6) is 0. The molecule has 1 unspecified atom stereocenters. The van der Waals surface area contributed by atoms with Crippen molar-refractivity contribution in [3.63, 3.8) is 0 Å². The summed E-state index contributed by atoms with van der Waals surface area (Å²) in [6.07, 6.45) is -0.222. The Morgan fingerprint density at radius 1 is 1.78 bits per heavy atom. The Kier molecular flexibility index (Phi) is 4.18. The molecule has 1 aliphatic rings. The van der Waals surface area contributed by atoms with E-state index in [9.17, 15) is 5.02 Å². The number of rotatable bonds is 3. The number of halogens is 2. The second kappa shape index (κ2) is 5.49. The smallest absolute Gasteiger partial charge is 0.406 e. The van der Waals surface area contributed by atoms with E-state index in [1.54, 1.807) is 6.82 Å². The highest BCUT2D eigenvalue weighted by molar-refractivity contribution is 9.10. The highest BCUT2D eigenvalue weighted by Crippen LogP contribution is 2.43. The van der Waals surface area contributed by atoms with Gasteiger partial charge in [-0.25, -0.2) is 6.57 Å². The highest BCUT2D eigenvalue weighted by Gasteiger charge is 2.30. The molecule has 0 saturated carbocycles. The van der Waals surface area contributed by atoms with Gasteiger partial charge in [-0.2, -0.15) is 0 Å². The van der Waals surface area contributed by atoms with Crippen molar-refractivity contribution in [3.8, 4) is 0 Å². The maximum Gasteiger partial charge on any atom is 0.406 e. The summed E-state index contributed by atoms with van der Waals surface area (Å²) in [5, 5.41) is 12.8. The maximum atomic E-state index is 9.37. The lowest BCUT2D eigenvalue weighted by Gasteiger charge is -2.13. The van der Waals surface area contributed by atoms with Crippen LogP contribution in [-0.2, 0) is 11.3 Å². The molecule has 1 aromatic rings. The van der Waals surface area contributed by atoms with Crippen molar-refractivity contribution >= 4 is 40.3 Å². The van der Waals surface area contributed by atoms with Crippen molar-refractivity contribution in [3.05, 3.63) is 38.1 Å². The van der Waals surface area contributed by atoms with Gasteiger partial charge in [0.2, 0.25) is 6.54 Å². The molecule has 2 N–H and O–H groups in total. The second-order valence-electron chi connectivity index (χ2n) is 4.08. The van der Waals surface area contributed by atoms with Crippen LogP contribution in [0.2, 0.25) is 11.8 Å². The molecule has 0 radical (unpaired) electrons. The van der Waals surface area contributed by atoms with Crippen LogP contribution in [0.15, 0.2) is 10.5 Å². The zero-order valence-corrected chi connectivity index (χ0v) is 12.0. The van der Waals surface area contributed by atoms with Crippen LogP contribution in [0.3, 0.4) is 0 Å². The van der Waals surface area contributed by atoms with E-state index in [2.05, 4.69) is 26.0 Å². The van der Waals surface area contributed by atoms with E-state index in [4.69, 9.17) is 22.9 Å². The standard InChI is InChI=1S/C11H11BBrClN2O2/c1-12(17)16-8-3-6-7(10(13)11(8)14)5-18-9(6)4-15-2/h3,9,16-17H,4-5H2,1H3. The molecule has 0 spiro atoms. The van der Waals surface area contributed by atoms with Gasteiger partial charge in [-0.05, 0) is 39.9 Å². The fraction of sp³-hybridized carbons (Fsp3) is 0.364. The molecule has 0 fully saturated rings. The van der Waals surface area contributed by atoms with Gasteiger partial charge in [0.25, 0.3) is 0 Å². The lowest BCUT2D eigenvalue weighted by molar-refractivity contribution is 0.0773. The molecule has 1 heterocycles. The molecule has 2 rings (SSSR count). The third kappa shape index (κ3) is 2.50. The van der Waals surface area contributed by atoms with Crippen molar-refractivity contribution in [2.24, 2.45) is 0 Å². The third-order valence-electron chi connectivity index (χ3n) is 2.74. The van der Waals surface area contributed by atoms with Crippen LogP contribution >= 0.6 is 27.5 Å². The van der Waals surface area contributed by atoms with Gasteiger partial charge in [-0.1, -0.05) is 11.6 Å². The molecule has 1 aromatic carbocycles. The molecule has 0 aromatic heterocycles. The predicted octanol–water partition coefficient (Wildman–Crippen LogP) is 3.12. The molecule has 0 amide bonds. The zero-order valence-electron chi connectivity index (χ0n) is 9.70. The van der Waals surface area contributed by atoms with Crippen molar-refractivity contribution in [1.29, 1.82) is 0 Å². The third-order valence-corrected chi connectivity index (χ3v) is 4.24. The van der Waals surface area contributed by atoms with Crippen LogP contribution in [0.25, 0.3) is 4.85 Å². The molecule has 0 saturated heterocycles. The number of benzene rings is 1. The second-order valence-corrected chi connectivity index (χ2v) is 5.25. The fourth-order valence-corrected chi connectivity index (χ4v) is 2.74. The highest BCUT2D eigenvalue weighted by atomic mass is 79.9. The minimum absolute atomic E-state index is 0.222. The van der Waals surface area contributed by atoms with Crippen LogP contribution in [0.1, 0.15) is 17.2 Å². The van der Waals surface area contributed by atoms with Crippen LogP contribution in [0.5, 0.6) is 0 Å². The Morgan fingerprint density at radius 2 is 2.50 bits per heavy atom. The Hall–Kier alpha value is -0.735. The molecule has 1 atom stereocenters. The van der Waals surface area contributed by atoms with Crippen molar-refractivity contribution < 1.29 is 9.76 Å². The van der Waals surface area contributed by atoms with E-state index in [-0.39, 0.29) is 12.6 Å². The molecular formula is C11H11BBrClN2O2. The number of nitrogens with zero attached hydrogens (tertiary/aromatic N) is 1. The van der Waals surface area contributed by atoms with Gasteiger partial charge in [0.15, 0.2) is 6.10 Å². The zero-order chi connectivity index (χ0) is 13.3. The lowest BCUT2D eigenvalue weighted by Crippen LogP contribution is -2.20. The SMILES string of the molecule is [C-]#[N+]CC1OCc2c1cc(NB(C)O)c(Cl)c2Br. The summed E-state index contributed by atoms with van der Waals surface area (Å²) < 4.78 is 6.33. The summed E-state index contributed by atoms with van der Waals surface area (Å²) in [4.78, 5) is 3.37. The number of hydrogen-bond acceptors (Lipinski definition) is 3. The van der Waals surface area contributed by atoms with Crippen LogP contribution in [0.4, 0.5) is 5.69 Å². The Morgan fingerprint density at radius 3 is 3.11 bits per heavy atom. The molecule has 0 bridgehead atoms. The average Bonchev–Trinajstić information content (AvgIpc) is 2.69. The van der Waals surface area contributed by atoms with E-state index >= 15 is 0 Å². The number of ether oxygens (including phenoxy) is 1. The fourth-order valence-electron chi connectivity index (χ4n) is 1.96. The first-order chi connectivity index (χ1) is 8.54. The summed E-state index contributed by atoms with van der Waals surface area (Å²) >= 11 is 9.65. The van der Waals surface area contributed by atoms with Crippen LogP contribution in [0, 0.1) is 6.57 Å². The number of fused-ring (bicyclic) bond motifs is 1. The minimum Gasteiger partial charge on any atom is -0.433 e. The van der Waals surface area contributed by atoms with E-state index in [1.807, 2.05) is 6.07 Å². The normalized spacial score (nSPS) is 17.2. The summed E-state index contributed by atoms with van der Waals surface area (Å²) in [6, 6.07) is 1.85. The Balaban J connectivity index is 2.45. The first kappa shape index (κ1) is 13.7. The van der Waals surface area contributed by atoms with E-state index in [0.29, 0.717) is 17.3 Å². The average molecular weight is 329 g/mol. The first-order valence-corrected chi connectivity index (χ1v) is 6.62. The van der Waals surface area contributed by atoms with Crippen molar-refractivity contribution in [2.45, 2.75) is 19.5 Å². The summed E-state index contributed by atoms with van der Waals surface area (Å²) in [7, 11) is -0.700. The maximum absolute atomic E-state index is 9.37. The largest absolute Gasteiger partial charge is 0.433 e. The van der Waals surface area contributed by atoms with Crippen molar-refractivity contribution in [1.82, 2.24) is 0 Å².